The van der Waals surface area contributed by atoms with Crippen molar-refractivity contribution < 1.29 is 23.9 Å². The lowest BCUT2D eigenvalue weighted by atomic mass is 9.80. The van der Waals surface area contributed by atoms with Gasteiger partial charge in [0.1, 0.15) is 0 Å². The highest BCUT2D eigenvalue weighted by Gasteiger charge is 2.52. The molecule has 0 spiro atoms. The van der Waals surface area contributed by atoms with Crippen LogP contribution in [0.5, 0.6) is 0 Å². The first-order chi connectivity index (χ1) is 15.7. The number of amides is 3. The minimum Gasteiger partial charge on any atom is -0.452 e. The number of alkyl halides is 2. The van der Waals surface area contributed by atoms with E-state index in [0.29, 0.717) is 24.2 Å². The highest BCUT2D eigenvalue weighted by molar-refractivity contribution is 6.31. The summed E-state index contributed by atoms with van der Waals surface area (Å²) in [6.45, 7) is 1.49. The average molecular weight is 489 g/mol. The number of nitrogens with one attached hydrogen (secondary N) is 1. The zero-order valence-electron chi connectivity index (χ0n) is 17.8. The molecule has 1 heterocycles. The molecule has 9 heteroatoms. The SMILES string of the molecule is Cc1ccc(NC(=O)COC(=O)c2ccc(N3C(=O)[C@@H]4C[C@@H](Cl)[C@@H](Cl)C[C@H]4C3=O)cc2)cc1. The summed E-state index contributed by atoms with van der Waals surface area (Å²) < 4.78 is 5.07. The van der Waals surface area contributed by atoms with E-state index in [2.05, 4.69) is 5.32 Å². The molecule has 172 valence electrons. The maximum atomic E-state index is 12.8. The van der Waals surface area contributed by atoms with Crippen LogP contribution in [0.1, 0.15) is 28.8 Å². The van der Waals surface area contributed by atoms with Gasteiger partial charge in [-0.2, -0.15) is 0 Å². The number of carbonyl (C=O) groups is 4. The van der Waals surface area contributed by atoms with Crippen molar-refractivity contribution in [3.63, 3.8) is 0 Å². The van der Waals surface area contributed by atoms with Crippen molar-refractivity contribution in [1.29, 1.82) is 0 Å². The van der Waals surface area contributed by atoms with Crippen molar-refractivity contribution >= 4 is 58.3 Å². The van der Waals surface area contributed by atoms with E-state index in [-0.39, 0.29) is 28.1 Å². The van der Waals surface area contributed by atoms with Gasteiger partial charge in [0.2, 0.25) is 11.8 Å². The van der Waals surface area contributed by atoms with Crippen molar-refractivity contribution in [3.8, 4) is 0 Å². The number of rotatable bonds is 5. The van der Waals surface area contributed by atoms with E-state index in [4.69, 9.17) is 27.9 Å². The first-order valence-electron chi connectivity index (χ1n) is 10.5. The van der Waals surface area contributed by atoms with E-state index in [1.807, 2.05) is 19.1 Å². The highest BCUT2D eigenvalue weighted by Crippen LogP contribution is 2.43. The van der Waals surface area contributed by atoms with Gasteiger partial charge in [-0.25, -0.2) is 4.79 Å². The number of hydrogen-bond donors (Lipinski definition) is 1. The molecule has 1 aliphatic carbocycles. The fourth-order valence-electron chi connectivity index (χ4n) is 4.14. The van der Waals surface area contributed by atoms with Crippen molar-refractivity contribution in [2.24, 2.45) is 11.8 Å². The van der Waals surface area contributed by atoms with Crippen molar-refractivity contribution in [2.75, 3.05) is 16.8 Å². The Balaban J connectivity index is 1.36. The number of fused-ring (bicyclic) bond motifs is 1. The van der Waals surface area contributed by atoms with Crippen LogP contribution < -0.4 is 10.2 Å². The zero-order chi connectivity index (χ0) is 23.7. The molecule has 0 aromatic heterocycles. The summed E-state index contributed by atoms with van der Waals surface area (Å²) in [6.07, 6.45) is 0.715. The minimum absolute atomic E-state index is 0.194. The number of benzene rings is 2. The Morgan fingerprint density at radius 3 is 2.03 bits per heavy atom. The molecular weight excluding hydrogens is 467 g/mol. The van der Waals surface area contributed by atoms with Crippen LogP contribution in [0, 0.1) is 18.8 Å². The van der Waals surface area contributed by atoms with Crippen molar-refractivity contribution in [2.45, 2.75) is 30.5 Å². The highest BCUT2D eigenvalue weighted by atomic mass is 35.5. The first kappa shape index (κ1) is 23.3. The maximum absolute atomic E-state index is 12.8. The zero-order valence-corrected chi connectivity index (χ0v) is 19.3. The predicted molar refractivity (Wildman–Crippen MR) is 125 cm³/mol. The second-order valence-corrected chi connectivity index (χ2v) is 9.39. The molecular formula is C24H22Cl2N2O5. The van der Waals surface area contributed by atoms with E-state index < -0.39 is 30.3 Å². The number of imide groups is 1. The minimum atomic E-state index is -0.691. The fraction of sp³-hybridized carbons (Fsp3) is 0.333. The Hall–Kier alpha value is -2.90. The molecule has 2 aromatic rings. The summed E-state index contributed by atoms with van der Waals surface area (Å²) >= 11 is 12.4. The van der Waals surface area contributed by atoms with Crippen LogP contribution in [0.3, 0.4) is 0 Å². The lowest BCUT2D eigenvalue weighted by Gasteiger charge is -2.28. The molecule has 4 rings (SSSR count). The molecule has 3 amide bonds. The van der Waals surface area contributed by atoms with Gasteiger partial charge in [0.15, 0.2) is 6.61 Å². The molecule has 2 aromatic carbocycles. The number of hydrogen-bond acceptors (Lipinski definition) is 5. The molecule has 0 unspecified atom stereocenters. The topological polar surface area (TPSA) is 92.8 Å². The quantitative estimate of drug-likeness (QED) is 0.391. The predicted octanol–water partition coefficient (Wildman–Crippen LogP) is 3.90. The van der Waals surface area contributed by atoms with Crippen LogP contribution in [-0.4, -0.2) is 41.1 Å². The van der Waals surface area contributed by atoms with E-state index in [9.17, 15) is 19.2 Å². The molecule has 7 nitrogen and oxygen atoms in total. The Morgan fingerprint density at radius 2 is 1.48 bits per heavy atom. The van der Waals surface area contributed by atoms with Crippen molar-refractivity contribution in [1.82, 2.24) is 0 Å². The number of nitrogens with zero attached hydrogens (tertiary/aromatic N) is 1. The Kier molecular flexibility index (Phi) is 6.72. The van der Waals surface area contributed by atoms with Crippen LogP contribution in [0.2, 0.25) is 0 Å². The second-order valence-electron chi connectivity index (χ2n) is 8.27. The lowest BCUT2D eigenvalue weighted by molar-refractivity contribution is -0.122. The normalized spacial score (nSPS) is 24.4. The third-order valence-corrected chi connectivity index (χ3v) is 7.04. The maximum Gasteiger partial charge on any atom is 0.338 e. The van der Waals surface area contributed by atoms with Gasteiger partial charge in [-0.05, 0) is 56.2 Å². The van der Waals surface area contributed by atoms with Gasteiger partial charge in [-0.1, -0.05) is 17.7 Å². The molecule has 0 radical (unpaired) electrons. The Morgan fingerprint density at radius 1 is 0.939 bits per heavy atom. The summed E-state index contributed by atoms with van der Waals surface area (Å²) in [5, 5.41) is 1.93. The molecule has 0 bridgehead atoms. The van der Waals surface area contributed by atoms with Gasteiger partial charge in [0, 0.05) is 5.69 Å². The van der Waals surface area contributed by atoms with Crippen LogP contribution in [0.4, 0.5) is 11.4 Å². The van der Waals surface area contributed by atoms with Gasteiger partial charge in [-0.15, -0.1) is 23.2 Å². The summed E-state index contributed by atoms with van der Waals surface area (Å²) in [6, 6.07) is 13.1. The van der Waals surface area contributed by atoms with Crippen LogP contribution in [-0.2, 0) is 19.1 Å². The molecule has 4 atom stereocenters. The molecule has 1 saturated heterocycles. The number of esters is 1. The first-order valence-corrected chi connectivity index (χ1v) is 11.4. The summed E-state index contributed by atoms with van der Waals surface area (Å²) in [5.41, 5.74) is 2.23. The number of carbonyl (C=O) groups excluding carboxylic acids is 4. The fourth-order valence-corrected chi connectivity index (χ4v) is 4.73. The van der Waals surface area contributed by atoms with Gasteiger partial charge in [0.25, 0.3) is 5.91 Å². The third kappa shape index (κ3) is 4.89. The second kappa shape index (κ2) is 9.53. The van der Waals surface area contributed by atoms with Crippen LogP contribution in [0.15, 0.2) is 48.5 Å². The smallest absolute Gasteiger partial charge is 0.338 e. The number of halogens is 2. The molecule has 1 saturated carbocycles. The molecule has 2 fully saturated rings. The molecule has 1 aliphatic heterocycles. The van der Waals surface area contributed by atoms with Crippen LogP contribution in [0.25, 0.3) is 0 Å². The van der Waals surface area contributed by atoms with E-state index in [1.54, 1.807) is 12.1 Å². The van der Waals surface area contributed by atoms with Gasteiger partial charge < -0.3 is 10.1 Å². The molecule has 33 heavy (non-hydrogen) atoms. The third-order valence-electron chi connectivity index (χ3n) is 5.94. The average Bonchev–Trinajstić information content (AvgIpc) is 3.03. The number of anilines is 2. The van der Waals surface area contributed by atoms with Gasteiger partial charge in [0.05, 0.1) is 33.8 Å². The number of ether oxygens (including phenoxy) is 1. The van der Waals surface area contributed by atoms with Crippen LogP contribution >= 0.6 is 23.2 Å². The summed E-state index contributed by atoms with van der Waals surface area (Å²) in [7, 11) is 0. The number of aryl methyl sites for hydroxylation is 1. The molecule has 2 aliphatic rings. The summed E-state index contributed by atoms with van der Waals surface area (Å²) in [4.78, 5) is 51.1. The monoisotopic (exact) mass is 488 g/mol. The standard InChI is InChI=1S/C24H22Cl2N2O5/c1-13-2-6-15(7-3-13)27-21(29)12-33-24(32)14-4-8-16(9-5-14)28-22(30)17-10-19(25)20(26)11-18(17)23(28)31/h2-9,17-20H,10-12H2,1H3,(H,27,29)/t17-,18-,19-,20+/m1/s1. The lowest BCUT2D eigenvalue weighted by Crippen LogP contribution is -2.34. The molecule has 1 N–H and O–H groups in total. The summed E-state index contributed by atoms with van der Waals surface area (Å²) in [5.74, 6) is -2.72. The van der Waals surface area contributed by atoms with Gasteiger partial charge in [-0.3, -0.25) is 19.3 Å². The van der Waals surface area contributed by atoms with E-state index in [1.165, 1.54) is 24.3 Å². The van der Waals surface area contributed by atoms with E-state index >= 15 is 0 Å². The van der Waals surface area contributed by atoms with E-state index in [0.717, 1.165) is 10.5 Å². The Labute approximate surface area is 201 Å². The van der Waals surface area contributed by atoms with Gasteiger partial charge >= 0.3 is 5.97 Å². The Bertz CT molecular complexity index is 1060. The van der Waals surface area contributed by atoms with Crippen molar-refractivity contribution in [3.05, 3.63) is 59.7 Å². The largest absolute Gasteiger partial charge is 0.452 e.